The summed E-state index contributed by atoms with van der Waals surface area (Å²) in [6.07, 6.45) is 2.27. The average Bonchev–Trinajstić information content (AvgIpc) is 2.66. The Labute approximate surface area is 156 Å². The van der Waals surface area contributed by atoms with E-state index in [1.165, 1.54) is 17.3 Å². The van der Waals surface area contributed by atoms with E-state index in [1.54, 1.807) is 16.7 Å². The molecule has 5 heteroatoms. The maximum absolute atomic E-state index is 12.8. The van der Waals surface area contributed by atoms with Crippen molar-refractivity contribution in [3.05, 3.63) is 82.7 Å². The zero-order valence-corrected chi connectivity index (χ0v) is 15.4. The van der Waals surface area contributed by atoms with Gasteiger partial charge in [-0.25, -0.2) is 4.98 Å². The normalized spacial score (nSPS) is 11.8. The van der Waals surface area contributed by atoms with E-state index in [2.05, 4.69) is 17.6 Å². The lowest BCUT2D eigenvalue weighted by atomic mass is 10.1. The van der Waals surface area contributed by atoms with Crippen molar-refractivity contribution in [3.63, 3.8) is 0 Å². The van der Waals surface area contributed by atoms with Gasteiger partial charge in [-0.2, -0.15) is 5.26 Å². The van der Waals surface area contributed by atoms with Gasteiger partial charge in [-0.05, 0) is 31.0 Å². The minimum absolute atomic E-state index is 0.106. The van der Waals surface area contributed by atoms with Crippen LogP contribution in [-0.4, -0.2) is 14.8 Å². The van der Waals surface area contributed by atoms with Crippen molar-refractivity contribution in [2.45, 2.75) is 30.3 Å². The number of aromatic nitrogens is 2. The van der Waals surface area contributed by atoms with Gasteiger partial charge in [-0.3, -0.25) is 9.36 Å². The Hall–Kier alpha value is -2.84. The fraction of sp³-hybridized carbons (Fsp3) is 0.190. The van der Waals surface area contributed by atoms with Gasteiger partial charge in [-0.15, -0.1) is 6.58 Å². The highest BCUT2D eigenvalue weighted by Gasteiger charge is 2.17. The average molecular weight is 361 g/mol. The second-order valence-electron chi connectivity index (χ2n) is 6.04. The van der Waals surface area contributed by atoms with Crippen LogP contribution in [0.4, 0.5) is 0 Å². The van der Waals surface area contributed by atoms with Crippen LogP contribution in [0.15, 0.2) is 71.1 Å². The van der Waals surface area contributed by atoms with Crippen molar-refractivity contribution < 1.29 is 0 Å². The Morgan fingerprint density at radius 1 is 1.27 bits per heavy atom. The maximum Gasteiger partial charge on any atom is 0.262 e. The number of rotatable bonds is 6. The second kappa shape index (κ2) is 8.03. The molecule has 1 aromatic heterocycles. The van der Waals surface area contributed by atoms with E-state index in [0.29, 0.717) is 29.0 Å². The van der Waals surface area contributed by atoms with Gasteiger partial charge in [0.15, 0.2) is 5.16 Å². The molecule has 0 aliphatic carbocycles. The molecule has 130 valence electrons. The van der Waals surface area contributed by atoms with Gasteiger partial charge in [0.1, 0.15) is 5.25 Å². The molecule has 3 aromatic rings. The first-order chi connectivity index (χ1) is 12.6. The zero-order chi connectivity index (χ0) is 18.5. The van der Waals surface area contributed by atoms with Crippen LogP contribution in [-0.2, 0) is 13.0 Å². The molecule has 1 heterocycles. The van der Waals surface area contributed by atoms with Gasteiger partial charge >= 0.3 is 0 Å². The van der Waals surface area contributed by atoms with Gasteiger partial charge < -0.3 is 0 Å². The van der Waals surface area contributed by atoms with E-state index >= 15 is 0 Å². The van der Waals surface area contributed by atoms with Crippen LogP contribution in [0, 0.1) is 18.3 Å². The van der Waals surface area contributed by atoms with E-state index in [9.17, 15) is 10.1 Å². The van der Waals surface area contributed by atoms with Crippen LogP contribution >= 0.6 is 11.8 Å². The first-order valence-electron chi connectivity index (χ1n) is 8.34. The molecule has 1 atom stereocenters. The summed E-state index contributed by atoms with van der Waals surface area (Å²) in [5.41, 5.74) is 2.82. The number of thioether (sulfide) groups is 1. The summed E-state index contributed by atoms with van der Waals surface area (Å²) in [7, 11) is 0. The molecule has 0 aliphatic rings. The molecule has 0 N–H and O–H groups in total. The number of nitriles is 1. The van der Waals surface area contributed by atoms with Crippen LogP contribution in [0.3, 0.4) is 0 Å². The topological polar surface area (TPSA) is 58.7 Å². The molecule has 0 fully saturated rings. The third-order valence-corrected chi connectivity index (χ3v) is 5.15. The SMILES string of the molecule is C=CCn1c(S[C@@H](C#N)Cc2ccc(C)cc2)nc2ccccc2c1=O. The quantitative estimate of drug-likeness (QED) is 0.376. The summed E-state index contributed by atoms with van der Waals surface area (Å²) in [6, 6.07) is 17.7. The molecule has 26 heavy (non-hydrogen) atoms. The number of nitrogens with zero attached hydrogens (tertiary/aromatic N) is 3. The van der Waals surface area contributed by atoms with Crippen molar-refractivity contribution in [2.75, 3.05) is 0 Å². The molecular weight excluding hydrogens is 342 g/mol. The molecular formula is C21H19N3OS. The molecule has 0 spiro atoms. The summed E-state index contributed by atoms with van der Waals surface area (Å²) in [5, 5.41) is 10.4. The predicted molar refractivity (Wildman–Crippen MR) is 106 cm³/mol. The largest absolute Gasteiger partial charge is 0.283 e. The molecule has 0 saturated carbocycles. The van der Waals surface area contributed by atoms with Gasteiger partial charge in [0.2, 0.25) is 0 Å². The Morgan fingerprint density at radius 2 is 2.00 bits per heavy atom. The van der Waals surface area contributed by atoms with Crippen molar-refractivity contribution in [3.8, 4) is 6.07 Å². The summed E-state index contributed by atoms with van der Waals surface area (Å²) < 4.78 is 1.58. The van der Waals surface area contributed by atoms with Crippen LogP contribution in [0.5, 0.6) is 0 Å². The lowest BCUT2D eigenvalue weighted by molar-refractivity contribution is 0.670. The minimum Gasteiger partial charge on any atom is -0.283 e. The van der Waals surface area contributed by atoms with Crippen LogP contribution < -0.4 is 5.56 Å². The summed E-state index contributed by atoms with van der Waals surface area (Å²) in [4.78, 5) is 17.4. The van der Waals surface area contributed by atoms with E-state index in [1.807, 2.05) is 49.4 Å². The fourth-order valence-electron chi connectivity index (χ4n) is 2.71. The minimum atomic E-state index is -0.332. The molecule has 4 nitrogen and oxygen atoms in total. The molecule has 0 radical (unpaired) electrons. The Kier molecular flexibility index (Phi) is 5.55. The maximum atomic E-state index is 12.8. The molecule has 0 unspecified atom stereocenters. The molecule has 0 saturated heterocycles. The van der Waals surface area contributed by atoms with E-state index in [-0.39, 0.29) is 10.8 Å². The van der Waals surface area contributed by atoms with Crippen molar-refractivity contribution in [1.82, 2.24) is 9.55 Å². The Balaban J connectivity index is 1.96. The zero-order valence-electron chi connectivity index (χ0n) is 14.6. The van der Waals surface area contributed by atoms with E-state index in [0.717, 1.165) is 5.56 Å². The third kappa shape index (κ3) is 3.87. The van der Waals surface area contributed by atoms with Gasteiger partial charge in [0, 0.05) is 6.54 Å². The van der Waals surface area contributed by atoms with Crippen molar-refractivity contribution in [2.24, 2.45) is 0 Å². The van der Waals surface area contributed by atoms with Gasteiger partial charge in [0.05, 0.1) is 17.0 Å². The standard InChI is InChI=1S/C21H19N3OS/c1-3-12-24-20(25)18-6-4-5-7-19(18)23-21(24)26-17(14-22)13-16-10-8-15(2)9-11-16/h3-11,17H,1,12-13H2,2H3/t17-/m1/s1. The number of allylic oxidation sites excluding steroid dienone is 1. The molecule has 0 aliphatic heterocycles. The number of aryl methyl sites for hydroxylation is 1. The highest BCUT2D eigenvalue weighted by atomic mass is 32.2. The highest BCUT2D eigenvalue weighted by molar-refractivity contribution is 8.00. The van der Waals surface area contributed by atoms with Crippen LogP contribution in [0.1, 0.15) is 11.1 Å². The van der Waals surface area contributed by atoms with Crippen LogP contribution in [0.2, 0.25) is 0 Å². The number of fused-ring (bicyclic) bond motifs is 1. The number of benzene rings is 2. The number of para-hydroxylation sites is 1. The fourth-order valence-corrected chi connectivity index (χ4v) is 3.73. The first-order valence-corrected chi connectivity index (χ1v) is 9.22. The van der Waals surface area contributed by atoms with Gasteiger partial charge in [-0.1, -0.05) is 59.8 Å². The third-order valence-electron chi connectivity index (χ3n) is 4.07. The Morgan fingerprint density at radius 3 is 2.69 bits per heavy atom. The molecule has 2 aromatic carbocycles. The number of hydrogen-bond donors (Lipinski definition) is 0. The number of hydrogen-bond acceptors (Lipinski definition) is 4. The second-order valence-corrected chi connectivity index (χ2v) is 7.21. The van der Waals surface area contributed by atoms with Crippen LogP contribution in [0.25, 0.3) is 10.9 Å². The summed E-state index contributed by atoms with van der Waals surface area (Å²) in [6.45, 7) is 6.13. The van der Waals surface area contributed by atoms with E-state index < -0.39 is 0 Å². The Bertz CT molecular complexity index is 1030. The molecule has 3 rings (SSSR count). The molecule has 0 amide bonds. The highest BCUT2D eigenvalue weighted by Crippen LogP contribution is 2.25. The van der Waals surface area contributed by atoms with Crippen molar-refractivity contribution >= 4 is 22.7 Å². The van der Waals surface area contributed by atoms with Crippen molar-refractivity contribution in [1.29, 1.82) is 5.26 Å². The smallest absolute Gasteiger partial charge is 0.262 e. The van der Waals surface area contributed by atoms with Gasteiger partial charge in [0.25, 0.3) is 5.56 Å². The monoisotopic (exact) mass is 361 g/mol. The van der Waals surface area contributed by atoms with E-state index in [4.69, 9.17) is 0 Å². The predicted octanol–water partition coefficient (Wildman–Crippen LogP) is 4.12. The summed E-state index contributed by atoms with van der Waals surface area (Å²) >= 11 is 1.33. The summed E-state index contributed by atoms with van der Waals surface area (Å²) in [5.74, 6) is 0. The molecule has 0 bridgehead atoms. The first kappa shape index (κ1) is 18.0. The lowest BCUT2D eigenvalue weighted by Crippen LogP contribution is -2.23. The lowest BCUT2D eigenvalue weighted by Gasteiger charge is -2.14.